The summed E-state index contributed by atoms with van der Waals surface area (Å²) < 4.78 is 61.0. The molecule has 0 radical (unpaired) electrons. The molecular weight excluding hydrogens is 714 g/mol. The number of halogens is 1. The predicted molar refractivity (Wildman–Crippen MR) is 202 cm³/mol. The molecule has 1 aliphatic rings. The Morgan fingerprint density at radius 1 is 0.926 bits per heavy atom. The molecular formula is C40H48FN4O8P. The van der Waals surface area contributed by atoms with Gasteiger partial charge in [0.05, 0.1) is 59.3 Å². The van der Waals surface area contributed by atoms with E-state index in [-0.39, 0.29) is 38.1 Å². The summed E-state index contributed by atoms with van der Waals surface area (Å²) in [7, 11) is 2.75. The number of aromatic nitrogens is 2. The molecule has 5 rings (SSSR count). The fourth-order valence-corrected chi connectivity index (χ4v) is 8.36. The molecule has 14 heteroatoms. The van der Waals surface area contributed by atoms with Gasteiger partial charge in [0.25, 0.3) is 14.4 Å². The molecule has 1 unspecified atom stereocenters. The predicted octanol–water partition coefficient (Wildman–Crippen LogP) is 7.37. The first-order chi connectivity index (χ1) is 26.1. The summed E-state index contributed by atoms with van der Waals surface area (Å²) >= 11 is 0. The molecule has 288 valence electrons. The van der Waals surface area contributed by atoms with Gasteiger partial charge in [-0.2, -0.15) is 14.6 Å². The Morgan fingerprint density at radius 2 is 1.50 bits per heavy atom. The molecule has 4 aromatic rings. The van der Waals surface area contributed by atoms with E-state index in [0.717, 1.165) is 27.5 Å². The second-order valence-corrected chi connectivity index (χ2v) is 14.6. The Labute approximate surface area is 317 Å². The maximum absolute atomic E-state index is 15.0. The van der Waals surface area contributed by atoms with Gasteiger partial charge < -0.3 is 32.7 Å². The molecule has 0 amide bonds. The number of hydrogen-bond acceptors (Lipinski definition) is 11. The van der Waals surface area contributed by atoms with Crippen LogP contribution in [0.2, 0.25) is 0 Å². The van der Waals surface area contributed by atoms with Crippen molar-refractivity contribution in [1.82, 2.24) is 14.2 Å². The minimum atomic E-state index is -1.72. The van der Waals surface area contributed by atoms with Crippen molar-refractivity contribution in [2.24, 2.45) is 0 Å². The van der Waals surface area contributed by atoms with Gasteiger partial charge in [0.1, 0.15) is 29.4 Å². The summed E-state index contributed by atoms with van der Waals surface area (Å²) in [4.78, 5) is 17.0. The summed E-state index contributed by atoms with van der Waals surface area (Å²) in [5.41, 5.74) is 0.561. The van der Waals surface area contributed by atoms with Gasteiger partial charge >= 0.3 is 5.69 Å². The maximum atomic E-state index is 15.0. The number of benzene rings is 3. The summed E-state index contributed by atoms with van der Waals surface area (Å²) in [6.07, 6.45) is -1.08. The van der Waals surface area contributed by atoms with E-state index in [1.54, 1.807) is 14.2 Å². The van der Waals surface area contributed by atoms with Crippen molar-refractivity contribution < 1.29 is 37.1 Å². The van der Waals surface area contributed by atoms with Crippen LogP contribution in [0.5, 0.6) is 17.4 Å². The van der Waals surface area contributed by atoms with Crippen LogP contribution in [0.3, 0.4) is 0 Å². The van der Waals surface area contributed by atoms with Crippen molar-refractivity contribution in [1.29, 1.82) is 5.26 Å². The van der Waals surface area contributed by atoms with Crippen LogP contribution in [0.15, 0.2) is 89.9 Å². The van der Waals surface area contributed by atoms with Gasteiger partial charge in [0.15, 0.2) is 0 Å². The second kappa shape index (κ2) is 18.8. The Bertz CT molecular complexity index is 1830. The van der Waals surface area contributed by atoms with Gasteiger partial charge in [-0.25, -0.2) is 9.46 Å². The monoisotopic (exact) mass is 762 g/mol. The highest BCUT2D eigenvalue weighted by Gasteiger charge is 2.45. The van der Waals surface area contributed by atoms with Crippen molar-refractivity contribution in [2.75, 3.05) is 34.5 Å². The zero-order chi connectivity index (χ0) is 38.8. The molecule has 0 spiro atoms. The van der Waals surface area contributed by atoms with E-state index >= 15 is 0 Å². The SMILES string of the molecule is COc1ccc(C(OC[C@H]2O[C@@H](n3cc(F)c(OC)nc3=O)C[C@@H]2OP(OCCC#N)N(C(C)C)C(C)C)(c2ccccc2)c2ccc(OC)cc2)cc1. The lowest BCUT2D eigenvalue weighted by Gasteiger charge is -2.39. The van der Waals surface area contributed by atoms with Gasteiger partial charge in [-0.05, 0) is 68.7 Å². The molecule has 1 aromatic heterocycles. The molecule has 0 aliphatic carbocycles. The molecule has 3 aromatic carbocycles. The normalized spacial score (nSPS) is 17.9. The van der Waals surface area contributed by atoms with E-state index in [4.69, 9.17) is 32.7 Å². The number of ether oxygens (including phenoxy) is 5. The smallest absolute Gasteiger partial charge is 0.353 e. The van der Waals surface area contributed by atoms with Crippen LogP contribution < -0.4 is 19.9 Å². The third kappa shape index (κ3) is 9.09. The number of nitrogens with zero attached hydrogens (tertiary/aromatic N) is 4. The lowest BCUT2D eigenvalue weighted by Crippen LogP contribution is -2.39. The van der Waals surface area contributed by atoms with Crippen molar-refractivity contribution in [2.45, 2.75) is 76.7 Å². The number of rotatable bonds is 18. The zero-order valence-electron chi connectivity index (χ0n) is 31.7. The third-order valence-corrected chi connectivity index (χ3v) is 11.2. The lowest BCUT2D eigenvalue weighted by molar-refractivity contribution is -0.0927. The fourth-order valence-electron chi connectivity index (χ4n) is 6.60. The number of methoxy groups -OCH3 is 3. The van der Waals surface area contributed by atoms with Crippen LogP contribution in [0, 0.1) is 17.1 Å². The summed E-state index contributed by atoms with van der Waals surface area (Å²) in [6.45, 7) is 8.32. The van der Waals surface area contributed by atoms with Gasteiger partial charge in [-0.1, -0.05) is 54.6 Å². The third-order valence-electron chi connectivity index (χ3n) is 9.08. The molecule has 2 heterocycles. The van der Waals surface area contributed by atoms with Crippen LogP contribution in [-0.4, -0.2) is 73.1 Å². The highest BCUT2D eigenvalue weighted by Crippen LogP contribution is 2.50. The van der Waals surface area contributed by atoms with Gasteiger partial charge in [-0.15, -0.1) is 0 Å². The molecule has 1 fully saturated rings. The van der Waals surface area contributed by atoms with Gasteiger partial charge in [0, 0.05) is 18.5 Å². The average Bonchev–Trinajstić information content (AvgIpc) is 3.58. The molecule has 4 atom stereocenters. The second-order valence-electron chi connectivity index (χ2n) is 13.2. The van der Waals surface area contributed by atoms with Crippen LogP contribution >= 0.6 is 8.53 Å². The first kappa shape index (κ1) is 40.8. The van der Waals surface area contributed by atoms with Crippen molar-refractivity contribution in [3.05, 3.63) is 118 Å². The van der Waals surface area contributed by atoms with Crippen LogP contribution in [-0.2, 0) is 24.1 Å². The molecule has 54 heavy (non-hydrogen) atoms. The van der Waals surface area contributed by atoms with Crippen molar-refractivity contribution in [3.63, 3.8) is 0 Å². The largest absolute Gasteiger partial charge is 0.497 e. The van der Waals surface area contributed by atoms with E-state index in [2.05, 4.69) is 15.7 Å². The summed E-state index contributed by atoms with van der Waals surface area (Å²) in [5.74, 6) is 0.142. The Balaban J connectivity index is 1.60. The lowest BCUT2D eigenvalue weighted by atomic mass is 9.80. The van der Waals surface area contributed by atoms with Crippen molar-refractivity contribution in [3.8, 4) is 23.4 Å². The fraction of sp³-hybridized carbons (Fsp3) is 0.425. The zero-order valence-corrected chi connectivity index (χ0v) is 32.6. The highest BCUT2D eigenvalue weighted by atomic mass is 31.2. The minimum Gasteiger partial charge on any atom is -0.497 e. The number of hydrogen-bond donors (Lipinski definition) is 0. The molecule has 0 N–H and O–H groups in total. The molecule has 1 saturated heterocycles. The minimum absolute atomic E-state index is 0.0281. The standard InChI is InChI=1S/C40H48FN4O8P/c1-27(2)45(28(3)4)54(51-23-11-22-42)53-35-24-37(44-25-34(41)38(49-7)43-39(44)46)52-36(35)26-50-40(29-12-9-8-10-13-29,30-14-18-32(47-5)19-15-30)31-16-20-33(48-6)21-17-31/h8-10,12-21,25,27-28,35-37H,11,23-24,26H2,1-7H3/t35-,36+,37+,54?/m0/s1. The van der Waals surface area contributed by atoms with Crippen molar-refractivity contribution >= 4 is 8.53 Å². The molecule has 12 nitrogen and oxygen atoms in total. The van der Waals surface area contributed by atoms with E-state index in [9.17, 15) is 14.4 Å². The van der Waals surface area contributed by atoms with E-state index in [1.165, 1.54) is 7.11 Å². The van der Waals surface area contributed by atoms with E-state index in [0.29, 0.717) is 11.5 Å². The Hall–Kier alpha value is -4.41. The van der Waals surface area contributed by atoms with E-state index in [1.807, 2.05) is 107 Å². The van der Waals surface area contributed by atoms with E-state index < -0.39 is 50.0 Å². The highest BCUT2D eigenvalue weighted by molar-refractivity contribution is 7.44. The summed E-state index contributed by atoms with van der Waals surface area (Å²) in [6, 6.07) is 27.4. The molecule has 0 saturated carbocycles. The topological polar surface area (TPSA) is 127 Å². The molecule has 1 aliphatic heterocycles. The van der Waals surface area contributed by atoms with Crippen LogP contribution in [0.4, 0.5) is 4.39 Å². The van der Waals surface area contributed by atoms with Gasteiger partial charge in [0.2, 0.25) is 5.82 Å². The van der Waals surface area contributed by atoms with Crippen LogP contribution in [0.25, 0.3) is 0 Å². The maximum Gasteiger partial charge on any atom is 0.353 e. The molecule has 0 bridgehead atoms. The average molecular weight is 763 g/mol. The Kier molecular flexibility index (Phi) is 14.2. The quantitative estimate of drug-likeness (QED) is 0.0573. The van der Waals surface area contributed by atoms with Gasteiger partial charge in [-0.3, -0.25) is 4.57 Å². The van der Waals surface area contributed by atoms with Crippen LogP contribution in [0.1, 0.15) is 63.5 Å². The first-order valence-corrected chi connectivity index (χ1v) is 18.9. The number of nitriles is 1. The Morgan fingerprint density at radius 3 is 2.02 bits per heavy atom. The summed E-state index contributed by atoms with van der Waals surface area (Å²) in [5, 5.41) is 9.29. The first-order valence-electron chi connectivity index (χ1n) is 17.8.